The summed E-state index contributed by atoms with van der Waals surface area (Å²) in [5, 5.41) is 0. The maximum atomic E-state index is 5.29. The third kappa shape index (κ3) is 2.03. The van der Waals surface area contributed by atoms with Gasteiger partial charge in [0.1, 0.15) is 6.54 Å². The van der Waals surface area contributed by atoms with Gasteiger partial charge in [0, 0.05) is 6.92 Å². The molecule has 0 atom stereocenters. The fourth-order valence-electron chi connectivity index (χ4n) is 0.249. The summed E-state index contributed by atoms with van der Waals surface area (Å²) in [5.41, 5.74) is 5.26. The van der Waals surface area contributed by atoms with Crippen molar-refractivity contribution in [3.63, 3.8) is 0 Å². The number of nitrogens with zero attached hydrogens (tertiary/aromatic N) is 1. The van der Waals surface area contributed by atoms with Crippen molar-refractivity contribution in [1.82, 2.24) is 0 Å². The van der Waals surface area contributed by atoms with Gasteiger partial charge >= 0.3 is 0 Å². The molecule has 0 fully saturated rings. The van der Waals surface area contributed by atoms with E-state index in [1.54, 1.807) is 6.92 Å². The van der Waals surface area contributed by atoms with Gasteiger partial charge in [-0.3, -0.25) is 11.6 Å². The summed E-state index contributed by atoms with van der Waals surface area (Å²) in [4.78, 5) is 0. The summed E-state index contributed by atoms with van der Waals surface area (Å²) in [5.74, 6) is 5.94. The highest BCUT2D eigenvalue weighted by Gasteiger charge is 1.89. The molecule has 0 saturated carbocycles. The molecular weight excluding hydrogens is 90.1 g/mol. The van der Waals surface area contributed by atoms with Gasteiger partial charge in [0.05, 0.1) is 0 Å². The predicted octanol–water partition coefficient (Wildman–Crippen LogP) is -0.730. The van der Waals surface area contributed by atoms with E-state index in [4.69, 9.17) is 11.6 Å². The van der Waals surface area contributed by atoms with Crippen LogP contribution in [-0.4, -0.2) is 17.1 Å². The number of hydrazine groups is 1. The van der Waals surface area contributed by atoms with Crippen molar-refractivity contribution in [3.8, 4) is 0 Å². The summed E-state index contributed by atoms with van der Waals surface area (Å²) >= 11 is 0. The molecule has 0 rings (SSSR count). The zero-order valence-corrected chi connectivity index (χ0v) is 4.81. The molecule has 0 aliphatic rings. The third-order valence-electron chi connectivity index (χ3n) is 0.794. The monoisotopic (exact) mass is 102 g/mol. The van der Waals surface area contributed by atoms with Crippen molar-refractivity contribution in [2.24, 2.45) is 11.6 Å². The number of amidine groups is 1. The Kier molecular flexibility index (Phi) is 2.19. The smallest absolute Gasteiger partial charge is 0.262 e. The lowest BCUT2D eigenvalue weighted by Gasteiger charge is -1.92. The Morgan fingerprint density at radius 1 is 1.71 bits per heavy atom. The molecule has 0 amide bonds. The number of nitrogens with two attached hydrogens (primary N) is 2. The summed E-state index contributed by atoms with van der Waals surface area (Å²) < 4.78 is 1.49. The topological polar surface area (TPSA) is 55.0 Å². The van der Waals surface area contributed by atoms with Crippen molar-refractivity contribution in [3.05, 3.63) is 0 Å². The minimum atomic E-state index is 0.655. The van der Waals surface area contributed by atoms with Crippen LogP contribution in [0.15, 0.2) is 0 Å². The number of rotatable bonds is 1. The van der Waals surface area contributed by atoms with Gasteiger partial charge in [0.15, 0.2) is 0 Å². The second-order valence-corrected chi connectivity index (χ2v) is 1.43. The van der Waals surface area contributed by atoms with E-state index in [0.29, 0.717) is 5.84 Å². The molecule has 0 bridgehead atoms. The molecule has 3 heteroatoms. The molecule has 0 radical (unpaired) electrons. The molecule has 0 saturated heterocycles. The molecule has 0 aromatic rings. The molecular formula is C4H12N3+. The van der Waals surface area contributed by atoms with E-state index in [-0.39, 0.29) is 0 Å². The first-order valence-electron chi connectivity index (χ1n) is 2.29. The Morgan fingerprint density at radius 3 is 2.14 bits per heavy atom. The van der Waals surface area contributed by atoms with Crippen LogP contribution >= 0.6 is 0 Å². The molecule has 0 aromatic carbocycles. The molecule has 0 unspecified atom stereocenters. The first-order valence-corrected chi connectivity index (χ1v) is 2.29. The second kappa shape index (κ2) is 2.44. The van der Waals surface area contributed by atoms with Crippen molar-refractivity contribution in [2.45, 2.75) is 13.8 Å². The molecule has 3 nitrogen and oxygen atoms in total. The standard InChI is InChI=1S/C4H11N3/c1-3-7(6)4(2)5/h5H,3,6H2,1-2H3/p+1. The fourth-order valence-corrected chi connectivity index (χ4v) is 0.249. The summed E-state index contributed by atoms with van der Waals surface area (Å²) in [6, 6.07) is 0. The Morgan fingerprint density at radius 2 is 2.14 bits per heavy atom. The van der Waals surface area contributed by atoms with E-state index in [0.717, 1.165) is 6.54 Å². The first-order chi connectivity index (χ1) is 3.18. The molecule has 0 aliphatic heterocycles. The fraction of sp³-hybridized carbons (Fsp3) is 0.750. The molecule has 42 valence electrons. The maximum absolute atomic E-state index is 5.29. The lowest BCUT2D eigenvalue weighted by molar-refractivity contribution is -0.537. The normalized spacial score (nSPS) is 13.4. The van der Waals surface area contributed by atoms with Gasteiger partial charge in [0.25, 0.3) is 5.84 Å². The van der Waals surface area contributed by atoms with Crippen LogP contribution in [0.25, 0.3) is 0 Å². The Hall–Kier alpha value is -0.730. The van der Waals surface area contributed by atoms with Crippen LogP contribution in [0.5, 0.6) is 0 Å². The summed E-state index contributed by atoms with van der Waals surface area (Å²) in [7, 11) is 0. The van der Waals surface area contributed by atoms with Crippen molar-refractivity contribution in [2.75, 3.05) is 6.54 Å². The van der Waals surface area contributed by atoms with Crippen LogP contribution in [0.1, 0.15) is 13.8 Å². The minimum Gasteiger partial charge on any atom is -0.290 e. The highest BCUT2D eigenvalue weighted by molar-refractivity contribution is 5.71. The van der Waals surface area contributed by atoms with E-state index in [1.165, 1.54) is 4.68 Å². The summed E-state index contributed by atoms with van der Waals surface area (Å²) in [6.45, 7) is 4.47. The molecule has 0 spiro atoms. The van der Waals surface area contributed by atoms with Gasteiger partial charge in [-0.2, -0.15) is 4.68 Å². The number of hydrogen-bond donors (Lipinski definition) is 2. The SMILES string of the molecule is CC/[N+](N)=C(/C)N. The molecule has 0 heterocycles. The average Bonchev–Trinajstić information content (AvgIpc) is 1.65. The van der Waals surface area contributed by atoms with Gasteiger partial charge in [-0.05, 0) is 6.92 Å². The molecule has 4 N–H and O–H groups in total. The van der Waals surface area contributed by atoms with Crippen LogP contribution in [-0.2, 0) is 0 Å². The molecule has 0 aromatic heterocycles. The Bertz CT molecular complexity index is 80.9. The lowest BCUT2D eigenvalue weighted by atomic mass is 10.6. The number of hydrazone groups is 1. The highest BCUT2D eigenvalue weighted by atomic mass is 15.3. The zero-order valence-electron chi connectivity index (χ0n) is 4.81. The Balaban J connectivity index is 3.72. The van der Waals surface area contributed by atoms with Crippen molar-refractivity contribution >= 4 is 5.84 Å². The van der Waals surface area contributed by atoms with E-state index in [9.17, 15) is 0 Å². The van der Waals surface area contributed by atoms with Crippen LogP contribution in [0.4, 0.5) is 0 Å². The van der Waals surface area contributed by atoms with Gasteiger partial charge < -0.3 is 0 Å². The minimum absolute atomic E-state index is 0.655. The molecule has 7 heavy (non-hydrogen) atoms. The van der Waals surface area contributed by atoms with Crippen LogP contribution in [0.3, 0.4) is 0 Å². The molecule has 0 aliphatic carbocycles. The van der Waals surface area contributed by atoms with Gasteiger partial charge in [-0.25, -0.2) is 0 Å². The first kappa shape index (κ1) is 6.27. The van der Waals surface area contributed by atoms with Gasteiger partial charge in [-0.15, -0.1) is 0 Å². The lowest BCUT2D eigenvalue weighted by Crippen LogP contribution is -2.30. The number of hydrogen-bond acceptors (Lipinski definition) is 1. The average molecular weight is 102 g/mol. The van der Waals surface area contributed by atoms with E-state index >= 15 is 0 Å². The highest BCUT2D eigenvalue weighted by Crippen LogP contribution is 1.59. The predicted molar refractivity (Wildman–Crippen MR) is 29.9 cm³/mol. The Labute approximate surface area is 43.6 Å². The van der Waals surface area contributed by atoms with Crippen LogP contribution < -0.4 is 11.6 Å². The quantitative estimate of drug-likeness (QED) is 0.151. The van der Waals surface area contributed by atoms with Gasteiger partial charge in [-0.1, -0.05) is 0 Å². The van der Waals surface area contributed by atoms with Gasteiger partial charge in [0.2, 0.25) is 0 Å². The second-order valence-electron chi connectivity index (χ2n) is 1.43. The zero-order chi connectivity index (χ0) is 5.86. The van der Waals surface area contributed by atoms with Crippen LogP contribution in [0.2, 0.25) is 0 Å². The van der Waals surface area contributed by atoms with Crippen molar-refractivity contribution < 1.29 is 4.68 Å². The van der Waals surface area contributed by atoms with Crippen LogP contribution in [0, 0.1) is 0 Å². The summed E-state index contributed by atoms with van der Waals surface area (Å²) in [6.07, 6.45) is 0. The maximum Gasteiger partial charge on any atom is 0.262 e. The largest absolute Gasteiger partial charge is 0.290 e. The van der Waals surface area contributed by atoms with E-state index < -0.39 is 0 Å². The van der Waals surface area contributed by atoms with Crippen molar-refractivity contribution in [1.29, 1.82) is 0 Å². The van der Waals surface area contributed by atoms with E-state index in [2.05, 4.69) is 0 Å². The van der Waals surface area contributed by atoms with E-state index in [1.807, 2.05) is 6.92 Å². The third-order valence-corrected chi connectivity index (χ3v) is 0.794.